The standard InChI is InChI=1S/C10H11NO4S2/c12-6-9-1-2-10(16-9)17(13,14)11-5-8-3-4-15-7-8/h1-4,7,11-12H,5-6H2. The van der Waals surface area contributed by atoms with E-state index in [4.69, 9.17) is 9.52 Å². The summed E-state index contributed by atoms with van der Waals surface area (Å²) in [6.07, 6.45) is 2.97. The Morgan fingerprint density at radius 1 is 1.35 bits per heavy atom. The van der Waals surface area contributed by atoms with Crippen LogP contribution in [-0.4, -0.2) is 13.5 Å². The lowest BCUT2D eigenvalue weighted by atomic mass is 10.4. The number of nitrogens with one attached hydrogen (secondary N) is 1. The zero-order valence-electron chi connectivity index (χ0n) is 8.79. The zero-order valence-corrected chi connectivity index (χ0v) is 10.4. The molecule has 0 fully saturated rings. The first-order valence-electron chi connectivity index (χ1n) is 4.82. The number of furan rings is 1. The van der Waals surface area contributed by atoms with Crippen LogP contribution in [0.2, 0.25) is 0 Å². The monoisotopic (exact) mass is 273 g/mol. The van der Waals surface area contributed by atoms with Crippen molar-refractivity contribution < 1.29 is 17.9 Å². The van der Waals surface area contributed by atoms with Gasteiger partial charge in [-0.15, -0.1) is 11.3 Å². The maximum absolute atomic E-state index is 11.8. The minimum atomic E-state index is -3.51. The Morgan fingerprint density at radius 3 is 2.76 bits per heavy atom. The van der Waals surface area contributed by atoms with E-state index >= 15 is 0 Å². The Morgan fingerprint density at radius 2 is 2.18 bits per heavy atom. The number of thiophene rings is 1. The average molecular weight is 273 g/mol. The Hall–Kier alpha value is -1.15. The molecule has 92 valence electrons. The molecule has 7 heteroatoms. The Kier molecular flexibility index (Phi) is 3.63. The second kappa shape index (κ2) is 5.01. The smallest absolute Gasteiger partial charge is 0.250 e. The van der Waals surface area contributed by atoms with Crippen LogP contribution in [0.15, 0.2) is 39.4 Å². The summed E-state index contributed by atoms with van der Waals surface area (Å²) in [5.41, 5.74) is 0.757. The summed E-state index contributed by atoms with van der Waals surface area (Å²) in [6, 6.07) is 4.76. The van der Waals surface area contributed by atoms with E-state index in [0.717, 1.165) is 16.9 Å². The third-order valence-corrected chi connectivity index (χ3v) is 5.07. The highest BCUT2D eigenvalue weighted by molar-refractivity contribution is 7.91. The molecule has 0 aliphatic rings. The third kappa shape index (κ3) is 2.95. The topological polar surface area (TPSA) is 79.5 Å². The van der Waals surface area contributed by atoms with Gasteiger partial charge in [-0.2, -0.15) is 0 Å². The van der Waals surface area contributed by atoms with Gasteiger partial charge in [-0.05, 0) is 18.2 Å². The fourth-order valence-corrected chi connectivity index (χ4v) is 3.51. The Labute approximate surface area is 103 Å². The molecule has 0 aliphatic heterocycles. The molecule has 2 aromatic heterocycles. The lowest BCUT2D eigenvalue weighted by molar-refractivity contribution is 0.285. The molecule has 0 saturated carbocycles. The van der Waals surface area contributed by atoms with Gasteiger partial charge in [-0.25, -0.2) is 13.1 Å². The molecule has 17 heavy (non-hydrogen) atoms. The van der Waals surface area contributed by atoms with Crippen molar-refractivity contribution in [2.75, 3.05) is 0 Å². The highest BCUT2D eigenvalue weighted by Crippen LogP contribution is 2.21. The number of aliphatic hydroxyl groups excluding tert-OH is 1. The minimum absolute atomic E-state index is 0.151. The number of rotatable bonds is 5. The number of aliphatic hydroxyl groups is 1. The van der Waals surface area contributed by atoms with E-state index < -0.39 is 10.0 Å². The molecule has 2 rings (SSSR count). The maximum Gasteiger partial charge on any atom is 0.250 e. The van der Waals surface area contributed by atoms with E-state index in [1.165, 1.54) is 18.6 Å². The SMILES string of the molecule is O=S(=O)(NCc1ccoc1)c1ccc(CO)s1. The van der Waals surface area contributed by atoms with Crippen LogP contribution in [0.4, 0.5) is 0 Å². The second-order valence-corrected chi connectivity index (χ2v) is 6.50. The van der Waals surface area contributed by atoms with E-state index in [2.05, 4.69) is 4.72 Å². The predicted octanol–water partition coefficient (Wildman–Crippen LogP) is 1.31. The Balaban J connectivity index is 2.08. The molecule has 0 spiro atoms. The van der Waals surface area contributed by atoms with Crippen molar-refractivity contribution in [3.8, 4) is 0 Å². The Bertz CT molecular complexity index is 571. The van der Waals surface area contributed by atoms with Crippen molar-refractivity contribution in [2.24, 2.45) is 0 Å². The van der Waals surface area contributed by atoms with Crippen molar-refractivity contribution >= 4 is 21.4 Å². The van der Waals surface area contributed by atoms with Gasteiger partial charge in [-0.1, -0.05) is 0 Å². The van der Waals surface area contributed by atoms with Crippen molar-refractivity contribution in [1.29, 1.82) is 0 Å². The van der Waals surface area contributed by atoms with E-state index in [1.54, 1.807) is 12.1 Å². The lowest BCUT2D eigenvalue weighted by Crippen LogP contribution is -2.22. The van der Waals surface area contributed by atoms with Gasteiger partial charge >= 0.3 is 0 Å². The molecule has 0 aliphatic carbocycles. The third-order valence-electron chi connectivity index (χ3n) is 2.10. The lowest BCUT2D eigenvalue weighted by Gasteiger charge is -2.02. The van der Waals surface area contributed by atoms with Gasteiger partial charge in [0.2, 0.25) is 10.0 Å². The normalized spacial score (nSPS) is 11.8. The second-order valence-electron chi connectivity index (χ2n) is 3.34. The first-order chi connectivity index (χ1) is 8.12. The van der Waals surface area contributed by atoms with Gasteiger partial charge in [0.15, 0.2) is 0 Å². The summed E-state index contributed by atoms with van der Waals surface area (Å²) in [6.45, 7) is 0.0348. The van der Waals surface area contributed by atoms with Crippen LogP contribution in [0.1, 0.15) is 10.4 Å². The summed E-state index contributed by atoms with van der Waals surface area (Å²) >= 11 is 1.05. The van der Waals surface area contributed by atoms with E-state index in [-0.39, 0.29) is 17.4 Å². The molecule has 0 aromatic carbocycles. The summed E-state index contributed by atoms with van der Waals surface area (Å²) in [5, 5.41) is 8.88. The van der Waals surface area contributed by atoms with Crippen molar-refractivity contribution in [3.05, 3.63) is 41.2 Å². The molecule has 0 radical (unpaired) electrons. The molecule has 5 nitrogen and oxygen atoms in total. The molecular weight excluding hydrogens is 262 g/mol. The van der Waals surface area contributed by atoms with E-state index in [9.17, 15) is 8.42 Å². The fourth-order valence-electron chi connectivity index (χ4n) is 1.23. The molecule has 2 N–H and O–H groups in total. The van der Waals surface area contributed by atoms with Crippen LogP contribution in [-0.2, 0) is 23.2 Å². The molecule has 2 aromatic rings. The van der Waals surface area contributed by atoms with Crippen LogP contribution in [0.3, 0.4) is 0 Å². The van der Waals surface area contributed by atoms with E-state index in [1.807, 2.05) is 0 Å². The van der Waals surface area contributed by atoms with Gasteiger partial charge in [-0.3, -0.25) is 0 Å². The van der Waals surface area contributed by atoms with Gasteiger partial charge in [0.25, 0.3) is 0 Å². The van der Waals surface area contributed by atoms with Crippen LogP contribution in [0.25, 0.3) is 0 Å². The van der Waals surface area contributed by atoms with Crippen LogP contribution < -0.4 is 4.72 Å². The van der Waals surface area contributed by atoms with Gasteiger partial charge in [0.1, 0.15) is 4.21 Å². The number of hydrogen-bond acceptors (Lipinski definition) is 5. The molecule has 0 amide bonds. The first kappa shape index (κ1) is 12.3. The van der Waals surface area contributed by atoms with E-state index in [0.29, 0.717) is 4.88 Å². The molecule has 0 bridgehead atoms. The summed E-state index contributed by atoms with van der Waals surface area (Å²) in [4.78, 5) is 0.619. The van der Waals surface area contributed by atoms with Crippen LogP contribution >= 0.6 is 11.3 Å². The largest absolute Gasteiger partial charge is 0.472 e. The fraction of sp³-hybridized carbons (Fsp3) is 0.200. The summed E-state index contributed by atoms with van der Waals surface area (Å²) in [5.74, 6) is 0. The number of hydrogen-bond donors (Lipinski definition) is 2. The van der Waals surface area contributed by atoms with Crippen LogP contribution in [0.5, 0.6) is 0 Å². The average Bonchev–Trinajstić information content (AvgIpc) is 2.98. The molecule has 0 unspecified atom stereocenters. The first-order valence-corrected chi connectivity index (χ1v) is 7.12. The molecule has 2 heterocycles. The summed E-state index contributed by atoms with van der Waals surface area (Å²) < 4.78 is 31.2. The highest BCUT2D eigenvalue weighted by Gasteiger charge is 2.16. The van der Waals surface area contributed by atoms with Crippen molar-refractivity contribution in [3.63, 3.8) is 0 Å². The van der Waals surface area contributed by atoms with Crippen molar-refractivity contribution in [2.45, 2.75) is 17.4 Å². The quantitative estimate of drug-likeness (QED) is 0.861. The van der Waals surface area contributed by atoms with Crippen LogP contribution in [0, 0.1) is 0 Å². The predicted molar refractivity (Wildman–Crippen MR) is 63.0 cm³/mol. The minimum Gasteiger partial charge on any atom is -0.472 e. The van der Waals surface area contributed by atoms with Gasteiger partial charge < -0.3 is 9.52 Å². The molecule has 0 atom stereocenters. The van der Waals surface area contributed by atoms with Crippen molar-refractivity contribution in [1.82, 2.24) is 4.72 Å². The maximum atomic E-state index is 11.8. The van der Waals surface area contributed by atoms with Gasteiger partial charge in [0, 0.05) is 17.0 Å². The summed E-state index contributed by atoms with van der Waals surface area (Å²) in [7, 11) is -3.51. The van der Waals surface area contributed by atoms with Gasteiger partial charge in [0.05, 0.1) is 19.1 Å². The highest BCUT2D eigenvalue weighted by atomic mass is 32.2. The molecular formula is C10H11NO4S2. The molecule has 0 saturated heterocycles. The zero-order chi connectivity index (χ0) is 12.3. The number of sulfonamides is 1.